The first-order chi connectivity index (χ1) is 8.84. The van der Waals surface area contributed by atoms with Gasteiger partial charge in [0.2, 0.25) is 0 Å². The van der Waals surface area contributed by atoms with Gasteiger partial charge in [-0.3, -0.25) is 4.79 Å². The summed E-state index contributed by atoms with van der Waals surface area (Å²) in [5.41, 5.74) is -0.0881. The Labute approximate surface area is 121 Å². The normalized spacial score (nSPS) is 35.5. The van der Waals surface area contributed by atoms with Gasteiger partial charge in [-0.05, 0) is 42.8 Å². The molecule has 3 nitrogen and oxygen atoms in total. The van der Waals surface area contributed by atoms with Crippen LogP contribution in [-0.2, 0) is 4.79 Å². The monoisotopic (exact) mass is 282 g/mol. The molecule has 3 unspecified atom stereocenters. The highest BCUT2D eigenvalue weighted by atomic mass is 32.1. The van der Waals surface area contributed by atoms with E-state index in [-0.39, 0.29) is 16.9 Å². The zero-order valence-corrected chi connectivity index (χ0v) is 13.3. The molecule has 0 aliphatic heterocycles. The van der Waals surface area contributed by atoms with Gasteiger partial charge in [0.25, 0.3) is 0 Å². The Bertz CT molecular complexity index is 394. The number of nitrogens with one attached hydrogen (secondary N) is 2. The van der Waals surface area contributed by atoms with Crippen molar-refractivity contribution in [2.45, 2.75) is 59.4 Å². The van der Waals surface area contributed by atoms with Crippen molar-refractivity contribution in [3.63, 3.8) is 0 Å². The minimum Gasteiger partial charge on any atom is -0.363 e. The number of rotatable bonds is 4. The van der Waals surface area contributed by atoms with Gasteiger partial charge in [-0.25, -0.2) is 0 Å². The Morgan fingerprint density at radius 3 is 2.63 bits per heavy atom. The number of unbranched alkanes of at least 4 members (excludes halogenated alkanes) is 1. The molecule has 3 atom stereocenters. The van der Waals surface area contributed by atoms with Gasteiger partial charge >= 0.3 is 0 Å². The summed E-state index contributed by atoms with van der Waals surface area (Å²) < 4.78 is 0. The average molecular weight is 282 g/mol. The Kier molecular flexibility index (Phi) is 3.92. The third kappa shape index (κ3) is 2.18. The van der Waals surface area contributed by atoms with Crippen molar-refractivity contribution in [3.05, 3.63) is 0 Å². The maximum atomic E-state index is 12.6. The van der Waals surface area contributed by atoms with Crippen molar-refractivity contribution >= 4 is 23.1 Å². The molecule has 108 valence electrons. The first-order valence-electron chi connectivity index (χ1n) is 7.43. The average Bonchev–Trinajstić information content (AvgIpc) is 2.64. The molecule has 0 radical (unpaired) electrons. The lowest BCUT2D eigenvalue weighted by Crippen LogP contribution is -2.49. The molecule has 2 aliphatic rings. The maximum Gasteiger partial charge on any atom is 0.166 e. The highest BCUT2D eigenvalue weighted by Gasteiger charge is 2.66. The van der Waals surface area contributed by atoms with Gasteiger partial charge in [-0.15, -0.1) is 0 Å². The van der Waals surface area contributed by atoms with E-state index in [1.807, 2.05) is 0 Å². The van der Waals surface area contributed by atoms with Crippen LogP contribution in [0.5, 0.6) is 0 Å². The van der Waals surface area contributed by atoms with Crippen LogP contribution in [0.25, 0.3) is 0 Å². The quantitative estimate of drug-likeness (QED) is 0.614. The van der Waals surface area contributed by atoms with E-state index in [0.717, 1.165) is 32.2 Å². The van der Waals surface area contributed by atoms with Crippen molar-refractivity contribution in [2.75, 3.05) is 6.54 Å². The zero-order chi connectivity index (χ0) is 14.3. The fourth-order valence-electron chi connectivity index (χ4n) is 3.82. The first kappa shape index (κ1) is 14.8. The molecule has 0 heterocycles. The Balaban J connectivity index is 2.00. The number of thiocarbonyl (C=S) groups is 1. The lowest BCUT2D eigenvalue weighted by Gasteiger charge is -2.32. The Hall–Kier alpha value is -0.640. The van der Waals surface area contributed by atoms with Crippen molar-refractivity contribution in [3.8, 4) is 0 Å². The van der Waals surface area contributed by atoms with E-state index in [0.29, 0.717) is 16.8 Å². The van der Waals surface area contributed by atoms with E-state index in [1.165, 1.54) is 0 Å². The zero-order valence-electron chi connectivity index (χ0n) is 12.5. The van der Waals surface area contributed by atoms with Gasteiger partial charge in [0, 0.05) is 12.0 Å². The number of carbonyl (C=O) groups excluding carboxylic acids is 1. The molecule has 2 fully saturated rings. The molecule has 0 aromatic carbocycles. The topological polar surface area (TPSA) is 41.1 Å². The number of carbonyl (C=O) groups is 1. The lowest BCUT2D eigenvalue weighted by atomic mass is 9.70. The summed E-state index contributed by atoms with van der Waals surface area (Å²) in [6.07, 6.45) is 4.40. The molecule has 19 heavy (non-hydrogen) atoms. The van der Waals surface area contributed by atoms with E-state index in [2.05, 4.69) is 38.3 Å². The molecule has 0 amide bonds. The van der Waals surface area contributed by atoms with Gasteiger partial charge in [-0.1, -0.05) is 34.1 Å². The lowest BCUT2D eigenvalue weighted by molar-refractivity contribution is -0.129. The van der Waals surface area contributed by atoms with Gasteiger partial charge < -0.3 is 10.6 Å². The number of fused-ring (bicyclic) bond motifs is 2. The number of Topliss-reactive ketones (excluding diaryl/α,β-unsaturated/α-hetero) is 1. The van der Waals surface area contributed by atoms with Crippen LogP contribution in [0.3, 0.4) is 0 Å². The molecule has 2 N–H and O–H groups in total. The molecule has 0 spiro atoms. The highest BCUT2D eigenvalue weighted by molar-refractivity contribution is 7.80. The van der Waals surface area contributed by atoms with Crippen LogP contribution < -0.4 is 10.6 Å². The second-order valence-corrected chi connectivity index (χ2v) is 7.20. The predicted octanol–water partition coefficient (Wildman–Crippen LogP) is 2.64. The summed E-state index contributed by atoms with van der Waals surface area (Å²) in [7, 11) is 0. The van der Waals surface area contributed by atoms with Crippen LogP contribution in [0.4, 0.5) is 0 Å². The van der Waals surface area contributed by atoms with Crippen molar-refractivity contribution in [2.24, 2.45) is 16.7 Å². The summed E-state index contributed by atoms with van der Waals surface area (Å²) in [6, 6.07) is -0.0876. The molecule has 2 rings (SSSR count). The van der Waals surface area contributed by atoms with Crippen molar-refractivity contribution < 1.29 is 4.79 Å². The smallest absolute Gasteiger partial charge is 0.166 e. The highest BCUT2D eigenvalue weighted by Crippen LogP contribution is 2.63. The molecule has 2 bridgehead atoms. The molecule has 2 saturated carbocycles. The minimum atomic E-state index is -0.172. The molecule has 0 saturated heterocycles. The molecule has 4 heteroatoms. The van der Waals surface area contributed by atoms with E-state index in [9.17, 15) is 4.79 Å². The van der Waals surface area contributed by atoms with Crippen LogP contribution in [0.2, 0.25) is 0 Å². The Morgan fingerprint density at radius 2 is 2.11 bits per heavy atom. The van der Waals surface area contributed by atoms with Gasteiger partial charge in [0.15, 0.2) is 10.9 Å². The summed E-state index contributed by atoms with van der Waals surface area (Å²) in [5, 5.41) is 7.11. The van der Waals surface area contributed by atoms with E-state index in [4.69, 9.17) is 12.2 Å². The second-order valence-electron chi connectivity index (χ2n) is 6.79. The maximum absolute atomic E-state index is 12.6. The molecule has 2 aliphatic carbocycles. The van der Waals surface area contributed by atoms with Gasteiger partial charge in [0.05, 0.1) is 6.04 Å². The van der Waals surface area contributed by atoms with E-state index >= 15 is 0 Å². The van der Waals surface area contributed by atoms with Crippen LogP contribution in [-0.4, -0.2) is 23.5 Å². The number of hydrogen-bond acceptors (Lipinski definition) is 2. The van der Waals surface area contributed by atoms with Crippen LogP contribution in [0, 0.1) is 16.7 Å². The third-order valence-electron chi connectivity index (χ3n) is 5.64. The fourth-order valence-corrected chi connectivity index (χ4v) is 4.05. The van der Waals surface area contributed by atoms with Crippen LogP contribution in [0.15, 0.2) is 0 Å². The molecular weight excluding hydrogens is 256 g/mol. The summed E-state index contributed by atoms with van der Waals surface area (Å²) in [4.78, 5) is 12.6. The van der Waals surface area contributed by atoms with Crippen LogP contribution in [0.1, 0.15) is 53.4 Å². The Morgan fingerprint density at radius 1 is 1.42 bits per heavy atom. The standard InChI is InChI=1S/C15H26N2OS/c1-5-6-9-16-13(19)17-11-10-7-8-15(4,12(11)18)14(10,2)3/h10-11H,5-9H2,1-4H3,(H2,16,17,19). The summed E-state index contributed by atoms with van der Waals surface area (Å²) in [5.74, 6) is 0.768. The van der Waals surface area contributed by atoms with Crippen molar-refractivity contribution in [1.29, 1.82) is 0 Å². The fraction of sp³-hybridized carbons (Fsp3) is 0.867. The number of ketones is 1. The van der Waals surface area contributed by atoms with Crippen LogP contribution >= 0.6 is 12.2 Å². The third-order valence-corrected chi connectivity index (χ3v) is 5.90. The SMILES string of the molecule is CCCCNC(=S)NC1C(=O)C2(C)CCC1C2(C)C. The van der Waals surface area contributed by atoms with Crippen molar-refractivity contribution in [1.82, 2.24) is 10.6 Å². The summed E-state index contributed by atoms with van der Waals surface area (Å²) in [6.45, 7) is 9.63. The number of hydrogen-bond donors (Lipinski definition) is 2. The molecule has 0 aromatic rings. The second kappa shape index (κ2) is 5.04. The van der Waals surface area contributed by atoms with Gasteiger partial charge in [-0.2, -0.15) is 0 Å². The van der Waals surface area contributed by atoms with E-state index in [1.54, 1.807) is 0 Å². The largest absolute Gasteiger partial charge is 0.363 e. The van der Waals surface area contributed by atoms with E-state index < -0.39 is 0 Å². The molecule has 0 aromatic heterocycles. The predicted molar refractivity (Wildman–Crippen MR) is 82.1 cm³/mol. The minimum absolute atomic E-state index is 0.0841. The van der Waals surface area contributed by atoms with Gasteiger partial charge in [0.1, 0.15) is 0 Å². The summed E-state index contributed by atoms with van der Waals surface area (Å²) >= 11 is 5.31. The molecular formula is C15H26N2OS. The first-order valence-corrected chi connectivity index (χ1v) is 7.84.